The minimum Gasteiger partial charge on any atom is -0.354 e. The monoisotopic (exact) mass is 505 g/mol. The second-order valence-electron chi connectivity index (χ2n) is 8.97. The van der Waals surface area contributed by atoms with Crippen LogP contribution in [0, 0.1) is 5.92 Å². The molecule has 0 aromatic carbocycles. The lowest BCUT2D eigenvalue weighted by molar-refractivity contribution is -0.127. The second-order valence-corrected chi connectivity index (χ2v) is 8.97. The highest BCUT2D eigenvalue weighted by Crippen LogP contribution is 2.26. The molecule has 162 valence electrons. The normalized spacial score (nSPS) is 24.8. The number of guanidine groups is 1. The van der Waals surface area contributed by atoms with E-state index >= 15 is 0 Å². The second kappa shape index (κ2) is 12.2. The van der Waals surface area contributed by atoms with Gasteiger partial charge in [0, 0.05) is 45.8 Å². The number of hydrogen-bond donors (Lipinski definition) is 2. The topological polar surface area (TPSA) is 60.0 Å². The van der Waals surface area contributed by atoms with Crippen molar-refractivity contribution in [3.8, 4) is 0 Å². The van der Waals surface area contributed by atoms with Crippen LogP contribution in [-0.4, -0.2) is 74.0 Å². The third-order valence-electron chi connectivity index (χ3n) is 6.42. The molecule has 2 aliphatic carbocycles. The van der Waals surface area contributed by atoms with Crippen molar-refractivity contribution in [2.75, 3.05) is 40.3 Å². The van der Waals surface area contributed by atoms with E-state index in [9.17, 15) is 4.79 Å². The van der Waals surface area contributed by atoms with Crippen molar-refractivity contribution in [1.29, 1.82) is 0 Å². The lowest BCUT2D eigenvalue weighted by atomic mass is 9.96. The van der Waals surface area contributed by atoms with Gasteiger partial charge in [-0.3, -0.25) is 4.79 Å². The summed E-state index contributed by atoms with van der Waals surface area (Å²) in [5, 5.41) is 7.25. The molecule has 0 bridgehead atoms. The lowest BCUT2D eigenvalue weighted by Crippen LogP contribution is -2.49. The number of nitrogens with one attached hydrogen (secondary N) is 2. The first-order valence-electron chi connectivity index (χ1n) is 11.1. The first-order chi connectivity index (χ1) is 13.1. The predicted molar refractivity (Wildman–Crippen MR) is 126 cm³/mol. The van der Waals surface area contributed by atoms with E-state index in [1.54, 1.807) is 19.0 Å². The number of halogens is 1. The van der Waals surface area contributed by atoms with Crippen molar-refractivity contribution in [2.24, 2.45) is 10.9 Å². The Morgan fingerprint density at radius 2 is 1.61 bits per heavy atom. The fourth-order valence-electron chi connectivity index (χ4n) is 4.73. The zero-order valence-electron chi connectivity index (χ0n) is 17.8. The van der Waals surface area contributed by atoms with Crippen LogP contribution in [0.5, 0.6) is 0 Å². The molecule has 1 aliphatic heterocycles. The van der Waals surface area contributed by atoms with Crippen molar-refractivity contribution in [3.05, 3.63) is 0 Å². The van der Waals surface area contributed by atoms with Crippen LogP contribution in [0.4, 0.5) is 0 Å². The van der Waals surface area contributed by atoms with Gasteiger partial charge in [0.25, 0.3) is 0 Å². The van der Waals surface area contributed by atoms with Crippen LogP contribution < -0.4 is 10.6 Å². The molecule has 0 aromatic rings. The molecule has 7 heteroatoms. The number of carbonyl (C=O) groups excluding carboxylic acids is 1. The van der Waals surface area contributed by atoms with Crippen LogP contribution in [0.3, 0.4) is 0 Å². The quantitative estimate of drug-likeness (QED) is 0.331. The summed E-state index contributed by atoms with van der Waals surface area (Å²) in [6, 6.07) is 0.936. The molecule has 1 saturated heterocycles. The zero-order valence-corrected chi connectivity index (χ0v) is 20.1. The molecule has 3 rings (SSSR count). The highest BCUT2D eigenvalue weighted by molar-refractivity contribution is 14.0. The van der Waals surface area contributed by atoms with Gasteiger partial charge in [-0.25, -0.2) is 4.99 Å². The standard InChI is InChI=1S/C21H39N5O.HI/c1-25(2)20(27)14-22-21(23-18-10-4-3-5-11-18)24-19-12-13-26(16-19)15-17-8-6-7-9-17;/h17-19H,3-16H2,1-2H3,(H2,22,23,24);1H. The Balaban J connectivity index is 0.00000280. The Morgan fingerprint density at radius 1 is 0.964 bits per heavy atom. The maximum Gasteiger partial charge on any atom is 0.243 e. The van der Waals surface area contributed by atoms with Gasteiger partial charge in [-0.1, -0.05) is 32.1 Å². The van der Waals surface area contributed by atoms with E-state index in [2.05, 4.69) is 20.5 Å². The minimum atomic E-state index is 0. The highest BCUT2D eigenvalue weighted by atomic mass is 127. The smallest absolute Gasteiger partial charge is 0.243 e. The molecule has 2 N–H and O–H groups in total. The van der Waals surface area contributed by atoms with Crippen LogP contribution >= 0.6 is 24.0 Å². The molecule has 0 aromatic heterocycles. The highest BCUT2D eigenvalue weighted by Gasteiger charge is 2.27. The molecular formula is C21H40IN5O. The molecular weight excluding hydrogens is 465 g/mol. The number of amides is 1. The number of aliphatic imine (C=N–C) groups is 1. The van der Waals surface area contributed by atoms with Crippen LogP contribution in [0.15, 0.2) is 4.99 Å². The van der Waals surface area contributed by atoms with E-state index in [0.29, 0.717) is 12.1 Å². The van der Waals surface area contributed by atoms with Crippen molar-refractivity contribution < 1.29 is 4.79 Å². The Kier molecular flexibility index (Phi) is 10.3. The van der Waals surface area contributed by atoms with Crippen molar-refractivity contribution in [1.82, 2.24) is 20.4 Å². The summed E-state index contributed by atoms with van der Waals surface area (Å²) in [6.07, 6.45) is 13.2. The third kappa shape index (κ3) is 7.69. The number of hydrogen-bond acceptors (Lipinski definition) is 3. The SMILES string of the molecule is CN(C)C(=O)CN=C(NC1CCCCC1)NC1CCN(CC2CCCC2)C1.I. The van der Waals surface area contributed by atoms with Crippen molar-refractivity contribution in [3.63, 3.8) is 0 Å². The van der Waals surface area contributed by atoms with Gasteiger partial charge in [0.1, 0.15) is 6.54 Å². The van der Waals surface area contributed by atoms with Crippen LogP contribution in [-0.2, 0) is 4.79 Å². The van der Waals surface area contributed by atoms with Crippen LogP contribution in [0.2, 0.25) is 0 Å². The Morgan fingerprint density at radius 3 is 2.29 bits per heavy atom. The number of likely N-dealkylation sites (N-methyl/N-ethyl adjacent to an activating group) is 1. The number of likely N-dealkylation sites (tertiary alicyclic amines) is 1. The van der Waals surface area contributed by atoms with E-state index in [0.717, 1.165) is 18.4 Å². The summed E-state index contributed by atoms with van der Waals surface area (Å²) in [5.74, 6) is 1.80. The molecule has 1 unspecified atom stereocenters. The molecule has 0 radical (unpaired) electrons. The van der Waals surface area contributed by atoms with Gasteiger partial charge in [-0.2, -0.15) is 0 Å². The predicted octanol–water partition coefficient (Wildman–Crippen LogP) is 2.83. The maximum absolute atomic E-state index is 12.0. The van der Waals surface area contributed by atoms with Gasteiger partial charge >= 0.3 is 0 Å². The number of nitrogens with zero attached hydrogens (tertiary/aromatic N) is 3. The van der Waals surface area contributed by atoms with Gasteiger partial charge < -0.3 is 20.4 Å². The average molecular weight is 505 g/mol. The molecule has 3 fully saturated rings. The number of rotatable bonds is 6. The molecule has 2 saturated carbocycles. The van der Waals surface area contributed by atoms with Gasteiger partial charge in [-0.05, 0) is 38.0 Å². The Hall–Kier alpha value is -0.570. The van der Waals surface area contributed by atoms with Gasteiger partial charge in [0.05, 0.1) is 0 Å². The summed E-state index contributed by atoms with van der Waals surface area (Å²) < 4.78 is 0. The number of carbonyl (C=O) groups is 1. The van der Waals surface area contributed by atoms with E-state index in [-0.39, 0.29) is 36.4 Å². The fraction of sp³-hybridized carbons (Fsp3) is 0.905. The summed E-state index contributed by atoms with van der Waals surface area (Å²) in [6.45, 7) is 3.76. The molecule has 1 amide bonds. The van der Waals surface area contributed by atoms with Crippen molar-refractivity contribution >= 4 is 35.8 Å². The summed E-state index contributed by atoms with van der Waals surface area (Å²) in [4.78, 5) is 20.8. The van der Waals surface area contributed by atoms with Crippen LogP contribution in [0.25, 0.3) is 0 Å². The molecule has 0 spiro atoms. The summed E-state index contributed by atoms with van der Waals surface area (Å²) >= 11 is 0. The minimum absolute atomic E-state index is 0. The molecule has 1 atom stereocenters. The van der Waals surface area contributed by atoms with Gasteiger partial charge in [0.15, 0.2) is 5.96 Å². The average Bonchev–Trinajstić information content (AvgIpc) is 3.32. The summed E-state index contributed by atoms with van der Waals surface area (Å²) in [5.41, 5.74) is 0. The molecule has 6 nitrogen and oxygen atoms in total. The Labute approximate surface area is 188 Å². The van der Waals surface area contributed by atoms with E-state index < -0.39 is 0 Å². The zero-order chi connectivity index (χ0) is 19.1. The van der Waals surface area contributed by atoms with Gasteiger partial charge in [-0.15, -0.1) is 24.0 Å². The van der Waals surface area contributed by atoms with Crippen LogP contribution in [0.1, 0.15) is 64.2 Å². The largest absolute Gasteiger partial charge is 0.354 e. The molecule has 3 aliphatic rings. The van der Waals surface area contributed by atoms with E-state index in [1.807, 2.05) is 0 Å². The van der Waals surface area contributed by atoms with E-state index in [4.69, 9.17) is 0 Å². The first kappa shape index (κ1) is 23.7. The Bertz CT molecular complexity index is 501. The summed E-state index contributed by atoms with van der Waals surface area (Å²) in [7, 11) is 3.58. The lowest BCUT2D eigenvalue weighted by Gasteiger charge is -2.27. The first-order valence-corrected chi connectivity index (χ1v) is 11.1. The van der Waals surface area contributed by atoms with Crippen molar-refractivity contribution in [2.45, 2.75) is 76.3 Å². The fourth-order valence-corrected chi connectivity index (χ4v) is 4.73. The molecule has 1 heterocycles. The van der Waals surface area contributed by atoms with Gasteiger partial charge in [0.2, 0.25) is 5.91 Å². The third-order valence-corrected chi connectivity index (χ3v) is 6.42. The maximum atomic E-state index is 12.0. The molecule has 28 heavy (non-hydrogen) atoms. The van der Waals surface area contributed by atoms with E-state index in [1.165, 1.54) is 77.3 Å².